The Bertz CT molecular complexity index is 1510. The third-order valence-corrected chi connectivity index (χ3v) is 6.54. The highest BCUT2D eigenvalue weighted by atomic mass is 32.2. The maximum atomic E-state index is 13.5. The molecule has 0 aliphatic carbocycles. The van der Waals surface area contributed by atoms with Crippen molar-refractivity contribution in [2.45, 2.75) is 25.5 Å². The molecule has 0 radical (unpaired) electrons. The molecule has 1 amide bonds. The summed E-state index contributed by atoms with van der Waals surface area (Å²) in [6.07, 6.45) is 0. The van der Waals surface area contributed by atoms with Crippen LogP contribution in [-0.4, -0.2) is 29.7 Å². The fraction of sp³-hybridized carbons (Fsp3) is 0.172. The first-order valence-electron chi connectivity index (χ1n) is 11.7. The van der Waals surface area contributed by atoms with Gasteiger partial charge in [-0.2, -0.15) is 5.26 Å². The summed E-state index contributed by atoms with van der Waals surface area (Å²) in [6, 6.07) is 22.0. The summed E-state index contributed by atoms with van der Waals surface area (Å²) in [7, 11) is 1.51. The zero-order valence-corrected chi connectivity index (χ0v) is 21.9. The number of para-hydroxylation sites is 2. The van der Waals surface area contributed by atoms with Crippen LogP contribution in [0.1, 0.15) is 32.9 Å². The maximum absolute atomic E-state index is 13.5. The number of carbonyl (C=O) groups excluding carboxylic acids is 2. The highest BCUT2D eigenvalue weighted by molar-refractivity contribution is 7.99. The second-order valence-corrected chi connectivity index (χ2v) is 9.20. The number of anilines is 1. The van der Waals surface area contributed by atoms with Gasteiger partial charge in [-0.3, -0.25) is 9.59 Å². The Balaban J connectivity index is 1.66. The first kappa shape index (κ1) is 26.5. The van der Waals surface area contributed by atoms with Gasteiger partial charge in [-0.25, -0.2) is 4.98 Å². The van der Waals surface area contributed by atoms with E-state index in [0.717, 1.165) is 17.3 Å². The molecule has 0 aliphatic heterocycles. The fourth-order valence-corrected chi connectivity index (χ4v) is 4.65. The van der Waals surface area contributed by atoms with Gasteiger partial charge in [0.15, 0.2) is 0 Å². The van der Waals surface area contributed by atoms with Crippen LogP contribution in [0.4, 0.5) is 5.69 Å². The van der Waals surface area contributed by atoms with Gasteiger partial charge in [0.2, 0.25) is 0 Å². The maximum Gasteiger partial charge on any atom is 0.316 e. The molecule has 2 aromatic heterocycles. The predicted octanol–water partition coefficient (Wildman–Crippen LogP) is 5.93. The zero-order chi connectivity index (χ0) is 27.1. The number of hydrogen-bond donors (Lipinski definition) is 1. The minimum absolute atomic E-state index is 0.0582. The number of benzene rings is 2. The van der Waals surface area contributed by atoms with Crippen molar-refractivity contribution in [3.63, 3.8) is 0 Å². The lowest BCUT2D eigenvalue weighted by Gasteiger charge is -2.16. The third kappa shape index (κ3) is 6.05. The smallest absolute Gasteiger partial charge is 0.316 e. The predicted molar refractivity (Wildman–Crippen MR) is 144 cm³/mol. The molecule has 9 heteroatoms. The van der Waals surface area contributed by atoms with Gasteiger partial charge in [0.25, 0.3) is 5.91 Å². The van der Waals surface area contributed by atoms with Crippen LogP contribution in [0, 0.1) is 25.2 Å². The Hall–Kier alpha value is -4.55. The number of pyridine rings is 1. The lowest BCUT2D eigenvalue weighted by atomic mass is 9.99. The van der Waals surface area contributed by atoms with E-state index in [1.807, 2.05) is 30.3 Å². The quantitative estimate of drug-likeness (QED) is 0.211. The Morgan fingerprint density at radius 1 is 1.05 bits per heavy atom. The van der Waals surface area contributed by atoms with Gasteiger partial charge in [-0.1, -0.05) is 54.2 Å². The van der Waals surface area contributed by atoms with Crippen LogP contribution in [0.3, 0.4) is 0 Å². The van der Waals surface area contributed by atoms with E-state index in [0.29, 0.717) is 39.2 Å². The fourth-order valence-electron chi connectivity index (χ4n) is 3.82. The molecule has 0 unspecified atom stereocenters. The highest BCUT2D eigenvalue weighted by Gasteiger charge is 2.27. The van der Waals surface area contributed by atoms with E-state index < -0.39 is 11.9 Å². The Kier molecular flexibility index (Phi) is 8.46. The first-order valence-corrected chi connectivity index (χ1v) is 12.7. The minimum atomic E-state index is -0.473. The molecule has 4 aromatic rings. The largest absolute Gasteiger partial charge is 0.495 e. The molecule has 2 heterocycles. The van der Waals surface area contributed by atoms with Crippen molar-refractivity contribution in [2.75, 3.05) is 18.2 Å². The van der Waals surface area contributed by atoms with E-state index in [2.05, 4.69) is 16.4 Å². The number of ether oxygens (including phenoxy) is 2. The first-order chi connectivity index (χ1) is 18.4. The topological polar surface area (TPSA) is 114 Å². The molecule has 0 bridgehead atoms. The van der Waals surface area contributed by atoms with Gasteiger partial charge in [0, 0.05) is 0 Å². The molecule has 0 aliphatic rings. The summed E-state index contributed by atoms with van der Waals surface area (Å²) >= 11 is 1.07. The number of esters is 1. The van der Waals surface area contributed by atoms with E-state index in [1.165, 1.54) is 7.11 Å². The third-order valence-electron chi connectivity index (χ3n) is 5.60. The number of furan rings is 1. The van der Waals surface area contributed by atoms with Crippen LogP contribution in [0.5, 0.6) is 5.75 Å². The molecule has 8 nitrogen and oxygen atoms in total. The summed E-state index contributed by atoms with van der Waals surface area (Å²) in [4.78, 5) is 30.5. The number of aromatic nitrogens is 1. The minimum Gasteiger partial charge on any atom is -0.495 e. The molecule has 4 rings (SSSR count). The van der Waals surface area contributed by atoms with Crippen molar-refractivity contribution in [3.8, 4) is 23.1 Å². The molecule has 38 heavy (non-hydrogen) atoms. The van der Waals surface area contributed by atoms with Crippen LogP contribution in [0.25, 0.3) is 11.3 Å². The molecule has 2 aromatic carbocycles. The summed E-state index contributed by atoms with van der Waals surface area (Å²) in [5.41, 5.74) is 2.35. The van der Waals surface area contributed by atoms with Gasteiger partial charge in [-0.05, 0) is 43.7 Å². The number of nitriles is 1. The molecule has 0 atom stereocenters. The van der Waals surface area contributed by atoms with Gasteiger partial charge in [-0.15, -0.1) is 0 Å². The zero-order valence-electron chi connectivity index (χ0n) is 21.1. The molecule has 1 N–H and O–H groups in total. The lowest BCUT2D eigenvalue weighted by Crippen LogP contribution is -2.18. The van der Waals surface area contributed by atoms with Crippen LogP contribution < -0.4 is 10.1 Å². The number of carbonyl (C=O) groups is 2. The van der Waals surface area contributed by atoms with Gasteiger partial charge in [0.1, 0.15) is 35.0 Å². The van der Waals surface area contributed by atoms with Crippen molar-refractivity contribution in [3.05, 3.63) is 94.9 Å². The number of aryl methyl sites for hydroxylation is 2. The van der Waals surface area contributed by atoms with Crippen LogP contribution >= 0.6 is 11.8 Å². The number of amides is 1. The standard InChI is InChI=1S/C29H25N3O5S/c1-18-13-14-24(37-18)27-21(15-30)29(38-17-25(33)36-16-20-9-5-4-6-10-20)31-19(2)26(27)28(34)32-22-11-7-8-12-23(22)35-3/h4-14H,16-17H2,1-3H3,(H,32,34). The number of nitrogens with one attached hydrogen (secondary N) is 1. The van der Waals surface area contributed by atoms with E-state index >= 15 is 0 Å². The van der Waals surface area contributed by atoms with Crippen molar-refractivity contribution < 1.29 is 23.5 Å². The second kappa shape index (κ2) is 12.1. The Morgan fingerprint density at radius 3 is 2.47 bits per heavy atom. The van der Waals surface area contributed by atoms with E-state index in [-0.39, 0.29) is 23.5 Å². The van der Waals surface area contributed by atoms with Crippen LogP contribution in [-0.2, 0) is 16.1 Å². The van der Waals surface area contributed by atoms with Crippen molar-refractivity contribution in [1.29, 1.82) is 5.26 Å². The highest BCUT2D eigenvalue weighted by Crippen LogP contribution is 2.36. The van der Waals surface area contributed by atoms with Gasteiger partial charge < -0.3 is 19.2 Å². The summed E-state index contributed by atoms with van der Waals surface area (Å²) in [6.45, 7) is 3.60. The van der Waals surface area contributed by atoms with Crippen molar-refractivity contribution in [2.24, 2.45) is 0 Å². The molecule has 0 saturated carbocycles. The number of rotatable bonds is 9. The Labute approximate surface area is 224 Å². The number of thioether (sulfide) groups is 1. The monoisotopic (exact) mass is 527 g/mol. The lowest BCUT2D eigenvalue weighted by molar-refractivity contribution is -0.141. The SMILES string of the molecule is COc1ccccc1NC(=O)c1c(C)nc(SCC(=O)OCc2ccccc2)c(C#N)c1-c1ccc(C)o1. The second-order valence-electron chi connectivity index (χ2n) is 8.24. The van der Waals surface area contributed by atoms with Gasteiger partial charge in [0.05, 0.1) is 40.9 Å². The molecular weight excluding hydrogens is 502 g/mol. The molecule has 0 saturated heterocycles. The average molecular weight is 528 g/mol. The summed E-state index contributed by atoms with van der Waals surface area (Å²) in [5, 5.41) is 13.3. The number of hydrogen-bond acceptors (Lipinski definition) is 8. The summed E-state index contributed by atoms with van der Waals surface area (Å²) in [5.74, 6) is 0.478. The average Bonchev–Trinajstić information content (AvgIpc) is 3.36. The number of nitrogens with zero attached hydrogens (tertiary/aromatic N) is 2. The normalized spacial score (nSPS) is 10.5. The van der Waals surface area contributed by atoms with Crippen LogP contribution in [0.15, 0.2) is 76.2 Å². The van der Waals surface area contributed by atoms with Crippen molar-refractivity contribution >= 4 is 29.3 Å². The van der Waals surface area contributed by atoms with E-state index in [1.54, 1.807) is 50.2 Å². The number of methoxy groups -OCH3 is 1. The van der Waals surface area contributed by atoms with Gasteiger partial charge >= 0.3 is 5.97 Å². The molecule has 0 fully saturated rings. The summed E-state index contributed by atoms with van der Waals surface area (Å²) < 4.78 is 16.5. The van der Waals surface area contributed by atoms with Crippen molar-refractivity contribution in [1.82, 2.24) is 4.98 Å². The van der Waals surface area contributed by atoms with E-state index in [9.17, 15) is 14.9 Å². The molecule has 192 valence electrons. The van der Waals surface area contributed by atoms with E-state index in [4.69, 9.17) is 13.9 Å². The molecular formula is C29H25N3O5S. The van der Waals surface area contributed by atoms with Crippen LogP contribution in [0.2, 0.25) is 0 Å². The molecule has 0 spiro atoms. The Morgan fingerprint density at radius 2 is 1.79 bits per heavy atom.